The lowest BCUT2D eigenvalue weighted by molar-refractivity contribution is 0.891. The van der Waals surface area contributed by atoms with Gasteiger partial charge in [-0.05, 0) is 53.6 Å². The van der Waals surface area contributed by atoms with Gasteiger partial charge >= 0.3 is 0 Å². The normalized spacial score (nSPS) is 12.8. The lowest BCUT2D eigenvalue weighted by Crippen LogP contribution is -2.05. The minimum Gasteiger partial charge on any atom is -0.378 e. The summed E-state index contributed by atoms with van der Waals surface area (Å²) in [6.45, 7) is 2.18. The Morgan fingerprint density at radius 3 is 3.00 bits per heavy atom. The van der Waals surface area contributed by atoms with Crippen molar-refractivity contribution in [2.45, 2.75) is 13.0 Å². The average Bonchev–Trinajstić information content (AvgIpc) is 2.99. The van der Waals surface area contributed by atoms with E-state index in [2.05, 4.69) is 58.3 Å². The van der Waals surface area contributed by atoms with Gasteiger partial charge in [0, 0.05) is 28.8 Å². The number of nitrogens with one attached hydrogen (secondary N) is 2. The molecule has 1 atom stereocenters. The molecule has 3 aromatic rings. The van der Waals surface area contributed by atoms with Crippen LogP contribution in [0.3, 0.4) is 0 Å². The molecule has 0 saturated heterocycles. The van der Waals surface area contributed by atoms with Gasteiger partial charge in [-0.3, -0.25) is 0 Å². The lowest BCUT2D eigenvalue weighted by atomic mass is 10.1. The first-order valence-corrected chi connectivity index (χ1v) is 6.63. The van der Waals surface area contributed by atoms with Gasteiger partial charge in [0.25, 0.3) is 0 Å². The van der Waals surface area contributed by atoms with Crippen LogP contribution < -0.4 is 5.32 Å². The van der Waals surface area contributed by atoms with E-state index in [1.807, 2.05) is 6.20 Å². The van der Waals surface area contributed by atoms with Crippen LogP contribution in [0, 0.1) is 0 Å². The molecule has 0 fully saturated rings. The molecule has 2 N–H and O–H groups in total. The van der Waals surface area contributed by atoms with Gasteiger partial charge in [0.1, 0.15) is 0 Å². The topological polar surface area (TPSA) is 27.8 Å². The molecule has 0 aliphatic carbocycles. The molecule has 0 aliphatic rings. The van der Waals surface area contributed by atoms with Crippen molar-refractivity contribution in [1.82, 2.24) is 4.98 Å². The molecule has 2 nitrogen and oxygen atoms in total. The summed E-state index contributed by atoms with van der Waals surface area (Å²) >= 11 is 1.74. The van der Waals surface area contributed by atoms with Crippen molar-refractivity contribution < 1.29 is 0 Å². The molecule has 0 radical (unpaired) electrons. The highest BCUT2D eigenvalue weighted by atomic mass is 32.1. The summed E-state index contributed by atoms with van der Waals surface area (Å²) in [5, 5.41) is 9.06. The zero-order chi connectivity index (χ0) is 11.7. The van der Waals surface area contributed by atoms with E-state index in [0.717, 1.165) is 5.69 Å². The van der Waals surface area contributed by atoms with Crippen molar-refractivity contribution in [2.24, 2.45) is 0 Å². The Morgan fingerprint density at radius 1 is 1.24 bits per heavy atom. The fraction of sp³-hybridized carbons (Fsp3) is 0.143. The van der Waals surface area contributed by atoms with Gasteiger partial charge in [0.15, 0.2) is 0 Å². The fourth-order valence-electron chi connectivity index (χ4n) is 2.00. The second-order valence-corrected chi connectivity index (χ2v) is 4.98. The number of benzene rings is 1. The van der Waals surface area contributed by atoms with Crippen molar-refractivity contribution in [3.05, 3.63) is 52.9 Å². The van der Waals surface area contributed by atoms with Crippen LogP contribution >= 0.6 is 11.3 Å². The van der Waals surface area contributed by atoms with E-state index >= 15 is 0 Å². The van der Waals surface area contributed by atoms with E-state index in [-0.39, 0.29) is 0 Å². The van der Waals surface area contributed by atoms with Crippen molar-refractivity contribution in [3.8, 4) is 0 Å². The van der Waals surface area contributed by atoms with Crippen LogP contribution in [0.15, 0.2) is 47.3 Å². The summed E-state index contributed by atoms with van der Waals surface area (Å²) < 4.78 is 0. The molecule has 1 unspecified atom stereocenters. The van der Waals surface area contributed by atoms with Crippen LogP contribution in [-0.2, 0) is 0 Å². The largest absolute Gasteiger partial charge is 0.378 e. The maximum absolute atomic E-state index is 3.52. The Hall–Kier alpha value is -1.74. The summed E-state index contributed by atoms with van der Waals surface area (Å²) in [5.74, 6) is 0. The smallest absolute Gasteiger partial charge is 0.0493 e. The zero-order valence-electron chi connectivity index (χ0n) is 9.60. The monoisotopic (exact) mass is 242 g/mol. The molecule has 0 amide bonds. The minimum atomic E-state index is 0.345. The Labute approximate surface area is 104 Å². The summed E-state index contributed by atoms with van der Waals surface area (Å²) in [6, 6.07) is 11.0. The second kappa shape index (κ2) is 4.26. The van der Waals surface area contributed by atoms with Crippen molar-refractivity contribution >= 4 is 27.9 Å². The van der Waals surface area contributed by atoms with Crippen LogP contribution in [0.1, 0.15) is 18.5 Å². The highest BCUT2D eigenvalue weighted by Crippen LogP contribution is 2.23. The summed E-state index contributed by atoms with van der Waals surface area (Å²) in [5.41, 5.74) is 3.68. The van der Waals surface area contributed by atoms with Crippen molar-refractivity contribution in [2.75, 3.05) is 5.32 Å². The van der Waals surface area contributed by atoms with Gasteiger partial charge < -0.3 is 10.3 Å². The quantitative estimate of drug-likeness (QED) is 0.700. The Bertz CT molecular complexity index is 610. The van der Waals surface area contributed by atoms with Gasteiger partial charge in [-0.25, -0.2) is 0 Å². The maximum Gasteiger partial charge on any atom is 0.0493 e. The maximum atomic E-state index is 3.52. The molecule has 0 spiro atoms. The lowest BCUT2D eigenvalue weighted by Gasteiger charge is -2.14. The number of H-pyrrole nitrogens is 1. The predicted octanol–water partition coefficient (Wildman–Crippen LogP) is 4.40. The molecule has 3 rings (SSSR count). The molecule has 0 bridgehead atoms. The van der Waals surface area contributed by atoms with Gasteiger partial charge in [-0.2, -0.15) is 11.3 Å². The van der Waals surface area contributed by atoms with Gasteiger partial charge in [0.2, 0.25) is 0 Å². The first-order chi connectivity index (χ1) is 8.33. The minimum absolute atomic E-state index is 0.345. The van der Waals surface area contributed by atoms with Crippen LogP contribution in [0.5, 0.6) is 0 Å². The second-order valence-electron chi connectivity index (χ2n) is 4.20. The SMILES string of the molecule is CC(Nc1ccc2[nH]ccc2c1)c1ccsc1. The van der Waals surface area contributed by atoms with E-state index in [9.17, 15) is 0 Å². The highest BCUT2D eigenvalue weighted by Gasteiger charge is 2.05. The number of hydrogen-bond acceptors (Lipinski definition) is 2. The molecule has 86 valence electrons. The molecule has 17 heavy (non-hydrogen) atoms. The summed E-state index contributed by atoms with van der Waals surface area (Å²) in [6.07, 6.45) is 1.97. The van der Waals surface area contributed by atoms with Gasteiger partial charge in [-0.15, -0.1) is 0 Å². The molecule has 3 heteroatoms. The van der Waals surface area contributed by atoms with Crippen LogP contribution in [0.2, 0.25) is 0 Å². The number of fused-ring (bicyclic) bond motifs is 1. The summed E-state index contributed by atoms with van der Waals surface area (Å²) in [7, 11) is 0. The average molecular weight is 242 g/mol. The standard InChI is InChI=1S/C14H14N2S/c1-10(12-5-7-17-9-12)16-13-2-3-14-11(8-13)4-6-15-14/h2-10,15-16H,1H3. The van der Waals surface area contributed by atoms with Crippen molar-refractivity contribution in [3.63, 3.8) is 0 Å². The van der Waals surface area contributed by atoms with E-state index in [4.69, 9.17) is 0 Å². The highest BCUT2D eigenvalue weighted by molar-refractivity contribution is 7.07. The number of rotatable bonds is 3. The molecular weight excluding hydrogens is 228 g/mol. The molecular formula is C14H14N2S. The van der Waals surface area contributed by atoms with Crippen LogP contribution in [-0.4, -0.2) is 4.98 Å². The van der Waals surface area contributed by atoms with E-state index in [0.29, 0.717) is 6.04 Å². The number of aromatic nitrogens is 1. The predicted molar refractivity (Wildman–Crippen MR) is 74.7 cm³/mol. The first-order valence-electron chi connectivity index (χ1n) is 5.69. The van der Waals surface area contributed by atoms with Gasteiger partial charge in [-0.1, -0.05) is 0 Å². The summed E-state index contributed by atoms with van der Waals surface area (Å²) in [4.78, 5) is 3.20. The van der Waals surface area contributed by atoms with E-state index in [1.165, 1.54) is 16.5 Å². The number of anilines is 1. The third-order valence-electron chi connectivity index (χ3n) is 2.98. The third kappa shape index (κ3) is 2.06. The zero-order valence-corrected chi connectivity index (χ0v) is 10.4. The molecule has 0 saturated carbocycles. The molecule has 1 aromatic carbocycles. The van der Waals surface area contributed by atoms with Crippen molar-refractivity contribution in [1.29, 1.82) is 0 Å². The van der Waals surface area contributed by atoms with E-state index in [1.54, 1.807) is 11.3 Å². The van der Waals surface area contributed by atoms with Crippen LogP contribution in [0.4, 0.5) is 5.69 Å². The first kappa shape index (κ1) is 10.4. The van der Waals surface area contributed by atoms with Crippen LogP contribution in [0.25, 0.3) is 10.9 Å². The Morgan fingerprint density at radius 2 is 2.18 bits per heavy atom. The number of thiophene rings is 1. The Kier molecular flexibility index (Phi) is 2.61. The fourth-order valence-corrected chi connectivity index (χ4v) is 2.75. The number of hydrogen-bond donors (Lipinski definition) is 2. The molecule has 2 aromatic heterocycles. The molecule has 2 heterocycles. The van der Waals surface area contributed by atoms with Gasteiger partial charge in [0.05, 0.1) is 0 Å². The third-order valence-corrected chi connectivity index (χ3v) is 3.68. The number of aromatic amines is 1. The van der Waals surface area contributed by atoms with E-state index < -0.39 is 0 Å². The molecule has 0 aliphatic heterocycles. The Balaban J connectivity index is 1.84.